The Kier molecular flexibility index (Phi) is 4.75. The first-order chi connectivity index (χ1) is 15.5. The number of hydrogen-bond donors (Lipinski definition) is 0. The van der Waals surface area contributed by atoms with Crippen LogP contribution in [0.3, 0.4) is 0 Å². The van der Waals surface area contributed by atoms with Gasteiger partial charge in [0.2, 0.25) is 0 Å². The van der Waals surface area contributed by atoms with E-state index in [4.69, 9.17) is 18.3 Å². The highest BCUT2D eigenvalue weighted by Gasteiger charge is 2.18. The Hall–Kier alpha value is -4.32. The van der Waals surface area contributed by atoms with E-state index < -0.39 is 11.6 Å². The van der Waals surface area contributed by atoms with Gasteiger partial charge in [0.25, 0.3) is 0 Å². The van der Waals surface area contributed by atoms with Crippen molar-refractivity contribution in [2.45, 2.75) is 6.92 Å². The number of methoxy groups -OCH3 is 1. The van der Waals surface area contributed by atoms with E-state index in [0.29, 0.717) is 50.5 Å². The maximum absolute atomic E-state index is 12.8. The smallest absolute Gasteiger partial charge is 0.347 e. The fourth-order valence-corrected chi connectivity index (χ4v) is 3.69. The lowest BCUT2D eigenvalue weighted by molar-refractivity contribution is 0.0730. The van der Waals surface area contributed by atoms with Gasteiger partial charge >= 0.3 is 11.6 Å². The first kappa shape index (κ1) is 19.6. The van der Waals surface area contributed by atoms with Gasteiger partial charge in [-0.3, -0.25) is 0 Å². The zero-order valence-corrected chi connectivity index (χ0v) is 17.4. The number of carbonyl (C=O) groups excluding carboxylic acids is 1. The van der Waals surface area contributed by atoms with E-state index >= 15 is 0 Å². The Morgan fingerprint density at radius 3 is 2.44 bits per heavy atom. The van der Waals surface area contributed by atoms with Gasteiger partial charge in [0.15, 0.2) is 0 Å². The fraction of sp³-hybridized carbons (Fsp3) is 0.0769. The number of furan rings is 1. The van der Waals surface area contributed by atoms with Crippen LogP contribution in [0.25, 0.3) is 33.3 Å². The summed E-state index contributed by atoms with van der Waals surface area (Å²) in [6, 6.07) is 21.0. The number of benzene rings is 3. The Labute approximate surface area is 182 Å². The Morgan fingerprint density at radius 1 is 0.844 bits per heavy atom. The molecule has 6 heteroatoms. The normalized spacial score (nSPS) is 11.1. The molecule has 0 saturated heterocycles. The van der Waals surface area contributed by atoms with Crippen LogP contribution < -0.4 is 15.1 Å². The van der Waals surface area contributed by atoms with Crippen molar-refractivity contribution in [3.8, 4) is 22.8 Å². The quantitative estimate of drug-likeness (QED) is 0.207. The van der Waals surface area contributed by atoms with Gasteiger partial charge in [-0.2, -0.15) is 0 Å². The lowest BCUT2D eigenvalue weighted by Gasteiger charge is -2.12. The van der Waals surface area contributed by atoms with Crippen molar-refractivity contribution >= 4 is 27.9 Å². The van der Waals surface area contributed by atoms with Crippen molar-refractivity contribution in [1.29, 1.82) is 0 Å². The molecule has 0 atom stereocenters. The van der Waals surface area contributed by atoms with E-state index in [1.807, 2.05) is 30.3 Å². The molecule has 158 valence electrons. The number of hydrogen-bond acceptors (Lipinski definition) is 6. The largest absolute Gasteiger partial charge is 0.496 e. The lowest BCUT2D eigenvalue weighted by atomic mass is 10.0. The van der Waals surface area contributed by atoms with Crippen LogP contribution in [0.15, 0.2) is 86.4 Å². The van der Waals surface area contributed by atoms with Gasteiger partial charge in [0, 0.05) is 22.4 Å². The highest BCUT2D eigenvalue weighted by atomic mass is 16.5. The number of ether oxygens (including phenoxy) is 2. The number of aryl methyl sites for hydroxylation is 1. The highest BCUT2D eigenvalue weighted by molar-refractivity contribution is 5.98. The molecule has 0 saturated carbocycles. The summed E-state index contributed by atoms with van der Waals surface area (Å²) in [5.41, 5.74) is 2.10. The summed E-state index contributed by atoms with van der Waals surface area (Å²) < 4.78 is 22.3. The molecule has 2 aromatic heterocycles. The Morgan fingerprint density at radius 2 is 1.62 bits per heavy atom. The van der Waals surface area contributed by atoms with Crippen molar-refractivity contribution in [1.82, 2.24) is 0 Å². The van der Waals surface area contributed by atoms with E-state index in [0.717, 1.165) is 5.39 Å². The van der Waals surface area contributed by atoms with Gasteiger partial charge in [0.1, 0.15) is 34.0 Å². The molecule has 2 heterocycles. The minimum absolute atomic E-state index is 0.312. The Balaban J connectivity index is 1.63. The predicted molar refractivity (Wildman–Crippen MR) is 120 cm³/mol. The van der Waals surface area contributed by atoms with Gasteiger partial charge < -0.3 is 18.3 Å². The summed E-state index contributed by atoms with van der Waals surface area (Å²) in [5.74, 6) is 0.743. The molecule has 3 aromatic carbocycles. The second-order valence-electron chi connectivity index (χ2n) is 7.33. The fourth-order valence-electron chi connectivity index (χ4n) is 3.69. The summed E-state index contributed by atoms with van der Waals surface area (Å²) in [7, 11) is 1.50. The summed E-state index contributed by atoms with van der Waals surface area (Å²) in [6.45, 7) is 1.78. The monoisotopic (exact) mass is 426 g/mol. The lowest BCUT2D eigenvalue weighted by Crippen LogP contribution is -2.11. The second-order valence-corrected chi connectivity index (χ2v) is 7.33. The van der Waals surface area contributed by atoms with Crippen LogP contribution in [-0.4, -0.2) is 13.1 Å². The minimum atomic E-state index is -0.549. The third kappa shape index (κ3) is 3.41. The van der Waals surface area contributed by atoms with Gasteiger partial charge in [-0.05, 0) is 48.9 Å². The van der Waals surface area contributed by atoms with E-state index in [1.165, 1.54) is 13.2 Å². The molecular formula is C26H18O6. The second kappa shape index (κ2) is 7.74. The first-order valence-electron chi connectivity index (χ1n) is 9.96. The molecule has 32 heavy (non-hydrogen) atoms. The number of para-hydroxylation sites is 2. The number of carbonyl (C=O) groups is 1. The number of fused-ring (bicyclic) bond motifs is 2. The number of rotatable bonds is 4. The molecule has 0 aliphatic carbocycles. The maximum atomic E-state index is 12.8. The average molecular weight is 426 g/mol. The van der Waals surface area contributed by atoms with E-state index in [-0.39, 0.29) is 0 Å². The highest BCUT2D eigenvalue weighted by Crippen LogP contribution is 2.35. The molecule has 6 nitrogen and oxygen atoms in total. The molecule has 0 amide bonds. The summed E-state index contributed by atoms with van der Waals surface area (Å²) >= 11 is 0. The van der Waals surface area contributed by atoms with Gasteiger partial charge in [-0.1, -0.05) is 30.3 Å². The average Bonchev–Trinajstić information content (AvgIpc) is 3.23. The molecule has 0 bridgehead atoms. The van der Waals surface area contributed by atoms with E-state index in [2.05, 4.69) is 0 Å². The van der Waals surface area contributed by atoms with E-state index in [1.54, 1.807) is 43.3 Å². The van der Waals surface area contributed by atoms with Crippen LogP contribution in [0.1, 0.15) is 15.9 Å². The summed E-state index contributed by atoms with van der Waals surface area (Å²) in [6.07, 6.45) is 0. The van der Waals surface area contributed by atoms with Crippen molar-refractivity contribution in [3.63, 3.8) is 0 Å². The molecule has 0 radical (unpaired) electrons. The molecule has 0 aliphatic rings. The minimum Gasteiger partial charge on any atom is -0.496 e. The topological polar surface area (TPSA) is 78.9 Å². The molecule has 0 unspecified atom stereocenters. The van der Waals surface area contributed by atoms with Gasteiger partial charge in [-0.15, -0.1) is 0 Å². The molecular weight excluding hydrogens is 408 g/mol. The molecule has 0 fully saturated rings. The van der Waals surface area contributed by atoms with Crippen molar-refractivity contribution in [2.24, 2.45) is 0 Å². The van der Waals surface area contributed by atoms with Gasteiger partial charge in [-0.25, -0.2) is 9.59 Å². The first-order valence-corrected chi connectivity index (χ1v) is 9.96. The van der Waals surface area contributed by atoms with Crippen molar-refractivity contribution in [3.05, 3.63) is 94.3 Å². The third-order valence-corrected chi connectivity index (χ3v) is 5.26. The maximum Gasteiger partial charge on any atom is 0.347 e. The van der Waals surface area contributed by atoms with Crippen molar-refractivity contribution < 1.29 is 23.1 Å². The van der Waals surface area contributed by atoms with E-state index in [9.17, 15) is 9.59 Å². The molecule has 0 N–H and O–H groups in total. The zero-order chi connectivity index (χ0) is 22.2. The molecule has 0 aliphatic heterocycles. The van der Waals surface area contributed by atoms with Crippen LogP contribution >= 0.6 is 0 Å². The van der Waals surface area contributed by atoms with Crippen molar-refractivity contribution in [2.75, 3.05) is 7.11 Å². The predicted octanol–water partition coefficient (Wildman–Crippen LogP) is 5.74. The third-order valence-electron chi connectivity index (χ3n) is 5.26. The molecule has 5 rings (SSSR count). The van der Waals surface area contributed by atoms with Crippen LogP contribution in [-0.2, 0) is 0 Å². The summed E-state index contributed by atoms with van der Waals surface area (Å²) in [5, 5.41) is 1.51. The molecule has 5 aromatic rings. The Bertz CT molecular complexity index is 1510. The number of esters is 1. The van der Waals surface area contributed by atoms with Crippen LogP contribution in [0.4, 0.5) is 0 Å². The summed E-state index contributed by atoms with van der Waals surface area (Å²) in [4.78, 5) is 25.0. The van der Waals surface area contributed by atoms with Crippen LogP contribution in [0.2, 0.25) is 0 Å². The standard InChI is InChI=1S/C26H18O6/c1-15-11-23-18(13-22(15)32-26(28)17-8-4-6-10-21(17)29-2)19(14-25(27)31-23)24-12-16-7-3-5-9-20(16)30-24/h3-14H,1-2H3. The SMILES string of the molecule is COc1ccccc1C(=O)Oc1cc2c(-c3cc4ccccc4o3)cc(=O)oc2cc1C. The van der Waals surface area contributed by atoms with Crippen LogP contribution in [0, 0.1) is 6.92 Å². The zero-order valence-electron chi connectivity index (χ0n) is 17.4. The molecule has 0 spiro atoms. The van der Waals surface area contributed by atoms with Gasteiger partial charge in [0.05, 0.1) is 7.11 Å². The van der Waals surface area contributed by atoms with Crippen LogP contribution in [0.5, 0.6) is 11.5 Å².